The fraction of sp³-hybridized carbons (Fsp3) is 0.316. The molecule has 1 aliphatic rings. The Morgan fingerprint density at radius 3 is 2.57 bits per heavy atom. The van der Waals surface area contributed by atoms with Crippen molar-refractivity contribution >= 4 is 11.6 Å². The fourth-order valence-electron chi connectivity index (χ4n) is 3.04. The van der Waals surface area contributed by atoms with Gasteiger partial charge in [-0.1, -0.05) is 29.8 Å². The number of hydrogen-bond donors (Lipinski definition) is 0. The summed E-state index contributed by atoms with van der Waals surface area (Å²) in [5.41, 5.74) is 2.55. The number of Topliss-reactive ketones (excluding diaryl/α,β-unsaturated/α-hetero) is 1. The van der Waals surface area contributed by atoms with Gasteiger partial charge in [0.15, 0.2) is 5.78 Å². The van der Waals surface area contributed by atoms with Crippen LogP contribution in [0.1, 0.15) is 34.3 Å². The van der Waals surface area contributed by atoms with Crippen LogP contribution in [-0.2, 0) is 0 Å². The molecule has 0 atom stereocenters. The highest BCUT2D eigenvalue weighted by Crippen LogP contribution is 2.26. The second-order valence-corrected chi connectivity index (χ2v) is 5.98. The lowest BCUT2D eigenvalue weighted by Crippen LogP contribution is -2.37. The molecule has 1 aromatic carbocycles. The molecular weight excluding hydrogens is 286 g/mol. The lowest BCUT2D eigenvalue weighted by Gasteiger charge is -2.32. The largest absolute Gasteiger partial charge is 0.355 e. The van der Waals surface area contributed by atoms with Crippen molar-refractivity contribution in [2.45, 2.75) is 19.8 Å². The van der Waals surface area contributed by atoms with Crippen LogP contribution >= 0.6 is 0 Å². The summed E-state index contributed by atoms with van der Waals surface area (Å²) in [6.45, 7) is 3.54. The Kier molecular flexibility index (Phi) is 4.38. The zero-order valence-corrected chi connectivity index (χ0v) is 13.2. The van der Waals surface area contributed by atoms with E-state index in [-0.39, 0.29) is 11.7 Å². The van der Waals surface area contributed by atoms with Gasteiger partial charge in [0.2, 0.25) is 0 Å². The lowest BCUT2D eigenvalue weighted by atomic mass is 9.88. The van der Waals surface area contributed by atoms with Crippen molar-refractivity contribution in [2.24, 2.45) is 5.92 Å². The highest BCUT2D eigenvalue weighted by molar-refractivity contribution is 5.98. The Balaban J connectivity index is 1.68. The van der Waals surface area contributed by atoms with Crippen LogP contribution in [0, 0.1) is 24.2 Å². The summed E-state index contributed by atoms with van der Waals surface area (Å²) in [6, 6.07) is 13.5. The molecule has 2 aromatic rings. The first-order valence-corrected chi connectivity index (χ1v) is 7.90. The third-order valence-electron chi connectivity index (χ3n) is 4.41. The number of carbonyl (C=O) groups is 1. The highest BCUT2D eigenvalue weighted by atomic mass is 16.1. The molecule has 1 aliphatic heterocycles. The predicted molar refractivity (Wildman–Crippen MR) is 89.4 cm³/mol. The van der Waals surface area contributed by atoms with Crippen LogP contribution in [0.25, 0.3) is 0 Å². The summed E-state index contributed by atoms with van der Waals surface area (Å²) in [5.74, 6) is 1.02. The number of rotatable bonds is 3. The summed E-state index contributed by atoms with van der Waals surface area (Å²) in [4.78, 5) is 19.0. The van der Waals surface area contributed by atoms with E-state index in [2.05, 4.69) is 16.0 Å². The van der Waals surface area contributed by atoms with Crippen molar-refractivity contribution < 1.29 is 4.79 Å². The number of pyridine rings is 1. The molecule has 1 aromatic heterocycles. The first kappa shape index (κ1) is 15.2. The summed E-state index contributed by atoms with van der Waals surface area (Å²) in [5, 5.41) is 9.19. The van der Waals surface area contributed by atoms with Crippen molar-refractivity contribution in [3.63, 3.8) is 0 Å². The SMILES string of the molecule is Cc1ccc(C(=O)C2CCN(c3ncccc3C#N)CC2)cc1. The molecule has 3 rings (SSSR count). The third kappa shape index (κ3) is 3.24. The van der Waals surface area contributed by atoms with Gasteiger partial charge in [-0.25, -0.2) is 4.98 Å². The second-order valence-electron chi connectivity index (χ2n) is 5.98. The van der Waals surface area contributed by atoms with Crippen LogP contribution in [0.5, 0.6) is 0 Å². The molecule has 0 bridgehead atoms. The smallest absolute Gasteiger partial charge is 0.166 e. The topological polar surface area (TPSA) is 57.0 Å². The number of carbonyl (C=O) groups excluding carboxylic acids is 1. The molecule has 4 heteroatoms. The van der Waals surface area contributed by atoms with Crippen LogP contribution in [0.4, 0.5) is 5.82 Å². The molecule has 0 aliphatic carbocycles. The molecule has 0 amide bonds. The number of hydrogen-bond acceptors (Lipinski definition) is 4. The normalized spacial score (nSPS) is 15.2. The first-order chi connectivity index (χ1) is 11.2. The average molecular weight is 305 g/mol. The number of aromatic nitrogens is 1. The highest BCUT2D eigenvalue weighted by Gasteiger charge is 2.27. The van der Waals surface area contributed by atoms with Gasteiger partial charge in [0, 0.05) is 30.8 Å². The molecule has 0 unspecified atom stereocenters. The molecule has 0 spiro atoms. The van der Waals surface area contributed by atoms with Gasteiger partial charge in [-0.3, -0.25) is 4.79 Å². The van der Waals surface area contributed by atoms with E-state index in [1.165, 1.54) is 0 Å². The third-order valence-corrected chi connectivity index (χ3v) is 4.41. The Hall–Kier alpha value is -2.67. The Morgan fingerprint density at radius 2 is 1.91 bits per heavy atom. The van der Waals surface area contributed by atoms with Gasteiger partial charge in [0.25, 0.3) is 0 Å². The Labute approximate surface area is 136 Å². The molecule has 0 N–H and O–H groups in total. The first-order valence-electron chi connectivity index (χ1n) is 7.90. The van der Waals surface area contributed by atoms with Crippen molar-refractivity contribution in [3.05, 3.63) is 59.3 Å². The molecular formula is C19H19N3O. The quantitative estimate of drug-likeness (QED) is 0.816. The van der Waals surface area contributed by atoms with Gasteiger partial charge in [-0.2, -0.15) is 5.26 Å². The molecule has 23 heavy (non-hydrogen) atoms. The van der Waals surface area contributed by atoms with E-state index in [0.717, 1.165) is 42.9 Å². The number of nitriles is 1. The molecule has 0 saturated carbocycles. The van der Waals surface area contributed by atoms with Crippen molar-refractivity contribution in [1.82, 2.24) is 4.98 Å². The van der Waals surface area contributed by atoms with Crippen LogP contribution < -0.4 is 4.90 Å². The number of benzene rings is 1. The van der Waals surface area contributed by atoms with Crippen molar-refractivity contribution in [1.29, 1.82) is 5.26 Å². The summed E-state index contributed by atoms with van der Waals surface area (Å²) >= 11 is 0. The minimum atomic E-state index is 0.0585. The van der Waals surface area contributed by atoms with E-state index in [0.29, 0.717) is 5.56 Å². The van der Waals surface area contributed by atoms with Gasteiger partial charge in [0.05, 0.1) is 5.56 Å². The standard InChI is InChI=1S/C19H19N3O/c1-14-4-6-15(7-5-14)18(23)16-8-11-22(12-9-16)19-17(13-20)3-2-10-21-19/h2-7,10,16H,8-9,11-12H2,1H3. The van der Waals surface area contributed by atoms with Crippen LogP contribution in [-0.4, -0.2) is 23.9 Å². The van der Waals surface area contributed by atoms with E-state index >= 15 is 0 Å². The van der Waals surface area contributed by atoms with Crippen molar-refractivity contribution in [2.75, 3.05) is 18.0 Å². The second kappa shape index (κ2) is 6.62. The maximum Gasteiger partial charge on any atom is 0.166 e. The van der Waals surface area contributed by atoms with E-state index in [9.17, 15) is 10.1 Å². The Morgan fingerprint density at radius 1 is 1.22 bits per heavy atom. The van der Waals surface area contributed by atoms with Crippen molar-refractivity contribution in [3.8, 4) is 6.07 Å². The maximum atomic E-state index is 12.6. The molecule has 116 valence electrons. The van der Waals surface area contributed by atoms with Crippen LogP contribution in [0.3, 0.4) is 0 Å². The molecule has 1 fully saturated rings. The Bertz CT molecular complexity index is 738. The maximum absolute atomic E-state index is 12.6. The summed E-state index contributed by atoms with van der Waals surface area (Å²) in [7, 11) is 0. The predicted octanol–water partition coefficient (Wildman–Crippen LogP) is 3.36. The van der Waals surface area contributed by atoms with Gasteiger partial charge in [0.1, 0.15) is 11.9 Å². The minimum Gasteiger partial charge on any atom is -0.355 e. The summed E-state index contributed by atoms with van der Waals surface area (Å²) in [6.07, 6.45) is 3.31. The number of anilines is 1. The van der Waals surface area contributed by atoms with Gasteiger partial charge >= 0.3 is 0 Å². The zero-order valence-electron chi connectivity index (χ0n) is 13.2. The van der Waals surface area contributed by atoms with E-state index in [1.807, 2.05) is 31.2 Å². The molecule has 0 radical (unpaired) electrons. The minimum absolute atomic E-state index is 0.0585. The zero-order chi connectivity index (χ0) is 16.2. The van der Waals surface area contributed by atoms with E-state index in [4.69, 9.17) is 0 Å². The van der Waals surface area contributed by atoms with Gasteiger partial charge in [-0.05, 0) is 31.9 Å². The van der Waals surface area contributed by atoms with E-state index in [1.54, 1.807) is 18.3 Å². The van der Waals surface area contributed by atoms with E-state index < -0.39 is 0 Å². The number of ketones is 1. The molecule has 2 heterocycles. The molecule has 1 saturated heterocycles. The van der Waals surface area contributed by atoms with Gasteiger partial charge < -0.3 is 4.90 Å². The monoisotopic (exact) mass is 305 g/mol. The summed E-state index contributed by atoms with van der Waals surface area (Å²) < 4.78 is 0. The van der Waals surface area contributed by atoms with Crippen LogP contribution in [0.2, 0.25) is 0 Å². The fourth-order valence-corrected chi connectivity index (χ4v) is 3.04. The number of piperidine rings is 1. The molecule has 4 nitrogen and oxygen atoms in total. The lowest BCUT2D eigenvalue weighted by molar-refractivity contribution is 0.0900. The van der Waals surface area contributed by atoms with Gasteiger partial charge in [-0.15, -0.1) is 0 Å². The number of nitrogens with zero attached hydrogens (tertiary/aromatic N) is 3. The van der Waals surface area contributed by atoms with Crippen LogP contribution in [0.15, 0.2) is 42.6 Å². The number of aryl methyl sites for hydroxylation is 1. The average Bonchev–Trinajstić information content (AvgIpc) is 2.62.